The van der Waals surface area contributed by atoms with Crippen molar-refractivity contribution in [2.45, 2.75) is 19.4 Å². The van der Waals surface area contributed by atoms with Gasteiger partial charge in [-0.15, -0.1) is 11.3 Å². The molecule has 138 valence electrons. The van der Waals surface area contributed by atoms with Crippen molar-refractivity contribution in [3.05, 3.63) is 53.5 Å². The third-order valence-corrected chi connectivity index (χ3v) is 6.43. The first kappa shape index (κ1) is 18.0. The third kappa shape index (κ3) is 3.57. The number of aliphatic imine (C=N–C) groups is 1. The highest BCUT2D eigenvalue weighted by atomic mass is 32.2. The molecule has 1 aliphatic heterocycles. The summed E-state index contributed by atoms with van der Waals surface area (Å²) in [7, 11) is 1.64. The second-order valence-corrected chi connectivity index (χ2v) is 8.05. The number of nitrogens with zero attached hydrogens (tertiary/aromatic N) is 3. The van der Waals surface area contributed by atoms with Crippen LogP contribution in [0.5, 0.6) is 5.75 Å². The van der Waals surface area contributed by atoms with Gasteiger partial charge in [-0.2, -0.15) is 0 Å². The van der Waals surface area contributed by atoms with Crippen LogP contribution < -0.4 is 4.74 Å². The summed E-state index contributed by atoms with van der Waals surface area (Å²) in [4.78, 5) is 24.1. The Morgan fingerprint density at radius 3 is 2.85 bits per heavy atom. The molecule has 1 fully saturated rings. The number of thioether (sulfide) groups is 1. The lowest BCUT2D eigenvalue weighted by atomic mass is 10.1. The van der Waals surface area contributed by atoms with E-state index in [1.807, 2.05) is 47.4 Å². The largest absolute Gasteiger partial charge is 0.497 e. The highest BCUT2D eigenvalue weighted by Gasteiger charge is 2.34. The fourth-order valence-corrected chi connectivity index (χ4v) is 4.99. The highest BCUT2D eigenvalue weighted by molar-refractivity contribution is 8.14. The fraction of sp³-hybridized carbons (Fsp3) is 0.250. The zero-order valence-corrected chi connectivity index (χ0v) is 16.7. The Morgan fingerprint density at radius 2 is 2.11 bits per heavy atom. The number of amides is 1. The van der Waals surface area contributed by atoms with Crippen LogP contribution in [0.2, 0.25) is 0 Å². The number of benzene rings is 2. The number of hydrogen-bond acceptors (Lipinski definition) is 6. The molecular formula is C20H19N3O2S2. The predicted octanol–water partition coefficient (Wildman–Crippen LogP) is 4.96. The van der Waals surface area contributed by atoms with Crippen LogP contribution in [-0.2, 0) is 0 Å². The molecule has 1 atom stereocenters. The van der Waals surface area contributed by atoms with E-state index in [1.165, 1.54) is 0 Å². The maximum Gasteiger partial charge on any atom is 0.260 e. The van der Waals surface area contributed by atoms with E-state index >= 15 is 0 Å². The zero-order valence-electron chi connectivity index (χ0n) is 15.1. The molecule has 0 aliphatic carbocycles. The number of fused-ring (bicyclic) bond motifs is 1. The van der Waals surface area contributed by atoms with Gasteiger partial charge in [0, 0.05) is 17.4 Å². The Labute approximate surface area is 166 Å². The molecule has 0 bridgehead atoms. The quantitative estimate of drug-likeness (QED) is 0.624. The lowest BCUT2D eigenvalue weighted by Gasteiger charge is -2.23. The Kier molecular flexibility index (Phi) is 5.13. The maximum atomic E-state index is 13.3. The van der Waals surface area contributed by atoms with Gasteiger partial charge in [0.15, 0.2) is 5.17 Å². The minimum absolute atomic E-state index is 0.00517. The van der Waals surface area contributed by atoms with Crippen LogP contribution in [0, 0.1) is 0 Å². The van der Waals surface area contributed by atoms with Gasteiger partial charge in [0.05, 0.1) is 28.5 Å². The van der Waals surface area contributed by atoms with Gasteiger partial charge in [-0.3, -0.25) is 9.69 Å². The summed E-state index contributed by atoms with van der Waals surface area (Å²) in [6.07, 6.45) is 0.892. The molecule has 0 saturated carbocycles. The van der Waals surface area contributed by atoms with Crippen molar-refractivity contribution in [2.24, 2.45) is 4.99 Å². The molecule has 5 nitrogen and oxygen atoms in total. The standard InChI is InChI=1S/C20H19N3O2S2/c1-3-15-11-26-20(22-14-5-7-16(25-2)8-6-14)23(15)19(24)13-4-9-17-18(10-13)27-12-21-17/h4-10,12,15H,3,11H2,1-2H3. The molecular weight excluding hydrogens is 378 g/mol. The fourth-order valence-electron chi connectivity index (χ4n) is 3.00. The van der Waals surface area contributed by atoms with Gasteiger partial charge in [0.1, 0.15) is 5.75 Å². The number of ether oxygens (including phenoxy) is 1. The monoisotopic (exact) mass is 397 g/mol. The molecule has 3 aromatic rings. The van der Waals surface area contributed by atoms with Crippen molar-refractivity contribution in [1.82, 2.24) is 9.88 Å². The summed E-state index contributed by atoms with van der Waals surface area (Å²) >= 11 is 3.18. The number of thiazole rings is 1. The van der Waals surface area contributed by atoms with Crippen LogP contribution in [0.25, 0.3) is 10.2 Å². The average molecular weight is 398 g/mol. The molecule has 0 radical (unpaired) electrons. The molecule has 0 spiro atoms. The van der Waals surface area contributed by atoms with Gasteiger partial charge < -0.3 is 4.74 Å². The summed E-state index contributed by atoms with van der Waals surface area (Å²) in [6, 6.07) is 13.4. The van der Waals surface area contributed by atoms with Crippen molar-refractivity contribution in [1.29, 1.82) is 0 Å². The molecule has 1 aliphatic rings. The third-order valence-electron chi connectivity index (χ3n) is 4.54. The van der Waals surface area contributed by atoms with Gasteiger partial charge in [-0.1, -0.05) is 18.7 Å². The summed E-state index contributed by atoms with van der Waals surface area (Å²) in [6.45, 7) is 2.11. The van der Waals surface area contributed by atoms with Crippen LogP contribution in [-0.4, -0.2) is 39.9 Å². The predicted molar refractivity (Wildman–Crippen MR) is 112 cm³/mol. The molecule has 1 amide bonds. The number of aromatic nitrogens is 1. The second kappa shape index (κ2) is 7.70. The van der Waals surface area contributed by atoms with E-state index < -0.39 is 0 Å². The maximum absolute atomic E-state index is 13.3. The SMILES string of the molecule is CCC1CSC(=Nc2ccc(OC)cc2)N1C(=O)c1ccc2ncsc2c1. The molecule has 4 rings (SSSR count). The van der Waals surface area contributed by atoms with Crippen LogP contribution >= 0.6 is 23.1 Å². The minimum atomic E-state index is -0.00517. The molecule has 2 heterocycles. The lowest BCUT2D eigenvalue weighted by molar-refractivity contribution is 0.0819. The van der Waals surface area contributed by atoms with E-state index in [0.717, 1.165) is 39.0 Å². The molecule has 0 N–H and O–H groups in total. The smallest absolute Gasteiger partial charge is 0.260 e. The van der Waals surface area contributed by atoms with Gasteiger partial charge in [0.2, 0.25) is 0 Å². The highest BCUT2D eigenvalue weighted by Crippen LogP contribution is 2.31. The zero-order chi connectivity index (χ0) is 18.8. The Balaban J connectivity index is 1.67. The van der Waals surface area contributed by atoms with Crippen molar-refractivity contribution >= 4 is 50.1 Å². The van der Waals surface area contributed by atoms with E-state index in [-0.39, 0.29) is 11.9 Å². The first-order valence-corrected chi connectivity index (χ1v) is 10.6. The van der Waals surface area contributed by atoms with E-state index in [1.54, 1.807) is 35.7 Å². The molecule has 1 aromatic heterocycles. The average Bonchev–Trinajstić information content (AvgIpc) is 3.34. The summed E-state index contributed by atoms with van der Waals surface area (Å²) < 4.78 is 6.22. The number of carbonyl (C=O) groups is 1. The van der Waals surface area contributed by atoms with Crippen LogP contribution in [0.1, 0.15) is 23.7 Å². The second-order valence-electron chi connectivity index (χ2n) is 6.18. The van der Waals surface area contributed by atoms with Crippen LogP contribution in [0.3, 0.4) is 0 Å². The van der Waals surface area contributed by atoms with Crippen LogP contribution in [0.4, 0.5) is 5.69 Å². The van der Waals surface area contributed by atoms with Gasteiger partial charge in [-0.25, -0.2) is 9.98 Å². The molecule has 1 saturated heterocycles. The van der Waals surface area contributed by atoms with E-state index in [0.29, 0.717) is 5.56 Å². The van der Waals surface area contributed by atoms with E-state index in [4.69, 9.17) is 9.73 Å². The molecule has 27 heavy (non-hydrogen) atoms. The van der Waals surface area contributed by atoms with Gasteiger partial charge >= 0.3 is 0 Å². The number of carbonyl (C=O) groups excluding carboxylic acids is 1. The summed E-state index contributed by atoms with van der Waals surface area (Å²) in [5, 5.41) is 0.751. The topological polar surface area (TPSA) is 54.8 Å². The summed E-state index contributed by atoms with van der Waals surface area (Å²) in [5.41, 5.74) is 4.21. The number of amidine groups is 1. The Bertz CT molecular complexity index is 998. The number of hydrogen-bond donors (Lipinski definition) is 0. The first-order chi connectivity index (χ1) is 13.2. The Hall–Kier alpha value is -2.38. The van der Waals surface area contributed by atoms with Crippen molar-refractivity contribution in [3.63, 3.8) is 0 Å². The normalized spacial score (nSPS) is 18.4. The van der Waals surface area contributed by atoms with Crippen molar-refractivity contribution in [2.75, 3.05) is 12.9 Å². The molecule has 1 unspecified atom stereocenters. The number of methoxy groups -OCH3 is 1. The molecule has 7 heteroatoms. The number of rotatable bonds is 4. The van der Waals surface area contributed by atoms with Crippen LogP contribution in [0.15, 0.2) is 53.0 Å². The van der Waals surface area contributed by atoms with Gasteiger partial charge in [0.25, 0.3) is 5.91 Å². The lowest BCUT2D eigenvalue weighted by Crippen LogP contribution is -2.39. The van der Waals surface area contributed by atoms with Crippen molar-refractivity contribution in [3.8, 4) is 5.75 Å². The minimum Gasteiger partial charge on any atom is -0.497 e. The van der Waals surface area contributed by atoms with Gasteiger partial charge in [-0.05, 0) is 48.9 Å². The first-order valence-electron chi connectivity index (χ1n) is 8.72. The Morgan fingerprint density at radius 1 is 1.30 bits per heavy atom. The van der Waals surface area contributed by atoms with E-state index in [9.17, 15) is 4.79 Å². The molecule has 2 aromatic carbocycles. The van der Waals surface area contributed by atoms with E-state index in [2.05, 4.69) is 11.9 Å². The van der Waals surface area contributed by atoms with Crippen molar-refractivity contribution < 1.29 is 9.53 Å². The summed E-state index contributed by atoms with van der Waals surface area (Å²) in [5.74, 6) is 1.64.